The first-order valence-electron chi connectivity index (χ1n) is 4.42. The van der Waals surface area contributed by atoms with E-state index in [1.54, 1.807) is 21.3 Å². The molecular formula is C9H22O3Si. The maximum atomic E-state index is 5.52. The Morgan fingerprint density at radius 3 is 2.08 bits per heavy atom. The summed E-state index contributed by atoms with van der Waals surface area (Å²) in [5.41, 5.74) is 0.223. The van der Waals surface area contributed by atoms with Crippen molar-refractivity contribution in [3.8, 4) is 0 Å². The van der Waals surface area contributed by atoms with Crippen LogP contribution in [0.5, 0.6) is 0 Å². The lowest BCUT2D eigenvalue weighted by Crippen LogP contribution is -2.54. The molecule has 1 aliphatic rings. The van der Waals surface area contributed by atoms with Crippen LogP contribution in [-0.2, 0) is 13.6 Å². The molecule has 1 atom stereocenters. The van der Waals surface area contributed by atoms with Crippen molar-refractivity contribution in [1.29, 1.82) is 0 Å². The normalized spacial score (nSPS) is 26.5. The Morgan fingerprint density at radius 2 is 1.69 bits per heavy atom. The summed E-state index contributed by atoms with van der Waals surface area (Å²) in [6, 6.07) is 1.07. The Kier molecular flexibility index (Phi) is 5.79. The molecule has 0 spiro atoms. The Balaban J connectivity index is 0.00000144. The van der Waals surface area contributed by atoms with Gasteiger partial charge in [0.2, 0.25) is 0 Å². The van der Waals surface area contributed by atoms with Crippen molar-refractivity contribution >= 4 is 8.56 Å². The SMILES string of the molecule is C.COC1CCCC[Si]1(OC)OC. The van der Waals surface area contributed by atoms with Crippen molar-refractivity contribution in [1.82, 2.24) is 0 Å². The summed E-state index contributed by atoms with van der Waals surface area (Å²) in [5, 5.41) is 0. The molecule has 0 aromatic carbocycles. The minimum absolute atomic E-state index is 0. The van der Waals surface area contributed by atoms with Gasteiger partial charge >= 0.3 is 8.56 Å². The number of hydrogen-bond acceptors (Lipinski definition) is 3. The van der Waals surface area contributed by atoms with Gasteiger partial charge in [-0.3, -0.25) is 0 Å². The summed E-state index contributed by atoms with van der Waals surface area (Å²) in [5.74, 6) is 0. The number of rotatable bonds is 3. The molecule has 1 aliphatic heterocycles. The molecule has 0 aromatic rings. The van der Waals surface area contributed by atoms with Crippen LogP contribution in [0.25, 0.3) is 0 Å². The Bertz CT molecular complexity index is 137. The van der Waals surface area contributed by atoms with Gasteiger partial charge in [-0.25, -0.2) is 0 Å². The van der Waals surface area contributed by atoms with Crippen LogP contribution >= 0.6 is 0 Å². The third-order valence-corrected chi connectivity index (χ3v) is 6.65. The third-order valence-electron chi connectivity index (χ3n) is 2.71. The summed E-state index contributed by atoms with van der Waals surface area (Å²) in [6.07, 6.45) is 3.54. The number of hydrogen-bond donors (Lipinski definition) is 0. The molecule has 1 heterocycles. The molecule has 80 valence electrons. The standard InChI is InChI=1S/C8H18O3Si.CH4/c1-9-8-6-4-5-7-12(8,10-2)11-3;/h8H,4-7H2,1-3H3;1H4. The van der Waals surface area contributed by atoms with Crippen LogP contribution in [0.1, 0.15) is 26.7 Å². The van der Waals surface area contributed by atoms with Gasteiger partial charge in [0.1, 0.15) is 5.73 Å². The van der Waals surface area contributed by atoms with Crippen molar-refractivity contribution in [2.45, 2.75) is 38.5 Å². The van der Waals surface area contributed by atoms with E-state index in [-0.39, 0.29) is 13.2 Å². The van der Waals surface area contributed by atoms with Gasteiger partial charge in [0, 0.05) is 21.3 Å². The molecule has 0 bridgehead atoms. The topological polar surface area (TPSA) is 27.7 Å². The number of ether oxygens (including phenoxy) is 1. The summed E-state index contributed by atoms with van der Waals surface area (Å²) < 4.78 is 16.4. The molecule has 1 rings (SSSR count). The van der Waals surface area contributed by atoms with Gasteiger partial charge in [-0.2, -0.15) is 0 Å². The zero-order valence-electron chi connectivity index (χ0n) is 8.13. The van der Waals surface area contributed by atoms with Gasteiger partial charge in [0.15, 0.2) is 0 Å². The minimum atomic E-state index is -1.98. The lowest BCUT2D eigenvalue weighted by atomic mass is 10.2. The molecule has 0 radical (unpaired) electrons. The van der Waals surface area contributed by atoms with Gasteiger partial charge < -0.3 is 13.6 Å². The van der Waals surface area contributed by atoms with Crippen LogP contribution in [0.15, 0.2) is 0 Å². The molecule has 3 nitrogen and oxygen atoms in total. The van der Waals surface area contributed by atoms with E-state index in [2.05, 4.69) is 0 Å². The van der Waals surface area contributed by atoms with E-state index >= 15 is 0 Å². The second-order valence-corrected chi connectivity index (χ2v) is 6.77. The van der Waals surface area contributed by atoms with Crippen molar-refractivity contribution in [2.75, 3.05) is 21.3 Å². The molecule has 1 saturated heterocycles. The first-order chi connectivity index (χ1) is 5.79. The molecule has 1 fully saturated rings. The van der Waals surface area contributed by atoms with Gasteiger partial charge in [-0.15, -0.1) is 0 Å². The largest absolute Gasteiger partial charge is 0.396 e. The van der Waals surface area contributed by atoms with Crippen LogP contribution in [0, 0.1) is 0 Å². The van der Waals surface area contributed by atoms with Crippen molar-refractivity contribution in [2.24, 2.45) is 0 Å². The maximum absolute atomic E-state index is 5.52. The Labute approximate surface area is 82.6 Å². The lowest BCUT2D eigenvalue weighted by molar-refractivity contribution is 0.0801. The monoisotopic (exact) mass is 206 g/mol. The summed E-state index contributed by atoms with van der Waals surface area (Å²) in [4.78, 5) is 0. The van der Waals surface area contributed by atoms with Crippen molar-refractivity contribution in [3.63, 3.8) is 0 Å². The first kappa shape index (κ1) is 13.1. The van der Waals surface area contributed by atoms with E-state index in [9.17, 15) is 0 Å². The highest BCUT2D eigenvalue weighted by atomic mass is 28.4. The Hall–Kier alpha value is 0.0969. The predicted molar refractivity (Wildman–Crippen MR) is 56.0 cm³/mol. The molecule has 0 N–H and O–H groups in total. The first-order valence-corrected chi connectivity index (χ1v) is 6.52. The average Bonchev–Trinajstić information content (AvgIpc) is 2.17. The third kappa shape index (κ3) is 2.53. The van der Waals surface area contributed by atoms with E-state index in [1.807, 2.05) is 0 Å². The summed E-state index contributed by atoms with van der Waals surface area (Å²) in [7, 11) is 3.25. The van der Waals surface area contributed by atoms with Crippen LogP contribution in [0.2, 0.25) is 6.04 Å². The van der Waals surface area contributed by atoms with Crippen molar-refractivity contribution < 1.29 is 13.6 Å². The highest BCUT2D eigenvalue weighted by Crippen LogP contribution is 2.30. The quantitative estimate of drug-likeness (QED) is 0.662. The molecule has 0 aromatic heterocycles. The molecule has 0 amide bonds. The second-order valence-electron chi connectivity index (χ2n) is 3.19. The van der Waals surface area contributed by atoms with Crippen molar-refractivity contribution in [3.05, 3.63) is 0 Å². The Morgan fingerprint density at radius 1 is 1.08 bits per heavy atom. The fourth-order valence-corrected chi connectivity index (χ4v) is 5.10. The zero-order valence-corrected chi connectivity index (χ0v) is 9.13. The van der Waals surface area contributed by atoms with E-state index in [1.165, 1.54) is 12.8 Å². The fourth-order valence-electron chi connectivity index (χ4n) is 1.93. The molecule has 0 saturated carbocycles. The molecule has 0 aliphatic carbocycles. The van der Waals surface area contributed by atoms with Crippen LogP contribution in [-0.4, -0.2) is 35.6 Å². The number of methoxy groups -OCH3 is 1. The smallest absolute Gasteiger partial charge is 0.367 e. The van der Waals surface area contributed by atoms with E-state index in [4.69, 9.17) is 13.6 Å². The van der Waals surface area contributed by atoms with E-state index in [0.29, 0.717) is 0 Å². The maximum Gasteiger partial charge on any atom is 0.367 e. The predicted octanol–water partition coefficient (Wildman–Crippen LogP) is 2.10. The minimum Gasteiger partial charge on any atom is -0.396 e. The molecule has 1 unspecified atom stereocenters. The summed E-state index contributed by atoms with van der Waals surface area (Å²) in [6.45, 7) is 0. The molecule has 4 heteroatoms. The molecular weight excluding hydrogens is 184 g/mol. The second kappa shape index (κ2) is 5.75. The summed E-state index contributed by atoms with van der Waals surface area (Å²) >= 11 is 0. The van der Waals surface area contributed by atoms with Crippen LogP contribution in [0.4, 0.5) is 0 Å². The van der Waals surface area contributed by atoms with E-state index < -0.39 is 8.56 Å². The zero-order chi connectivity index (χ0) is 9.03. The van der Waals surface area contributed by atoms with Crippen LogP contribution in [0.3, 0.4) is 0 Å². The molecule has 13 heavy (non-hydrogen) atoms. The average molecular weight is 206 g/mol. The fraction of sp³-hybridized carbons (Fsp3) is 1.00. The highest BCUT2D eigenvalue weighted by molar-refractivity contribution is 6.68. The van der Waals surface area contributed by atoms with Crippen LogP contribution < -0.4 is 0 Å². The van der Waals surface area contributed by atoms with Gasteiger partial charge in [-0.1, -0.05) is 20.3 Å². The van der Waals surface area contributed by atoms with Gasteiger partial charge in [0.05, 0.1) is 0 Å². The van der Waals surface area contributed by atoms with Gasteiger partial charge in [-0.05, 0) is 12.5 Å². The highest BCUT2D eigenvalue weighted by Gasteiger charge is 2.46. The van der Waals surface area contributed by atoms with E-state index in [0.717, 1.165) is 12.5 Å². The van der Waals surface area contributed by atoms with Gasteiger partial charge in [0.25, 0.3) is 0 Å². The lowest BCUT2D eigenvalue weighted by Gasteiger charge is -2.37.